The Morgan fingerprint density at radius 1 is 1.26 bits per heavy atom. The maximum absolute atomic E-state index is 12.5. The van der Waals surface area contributed by atoms with E-state index in [1.54, 1.807) is 12.3 Å². The SMILES string of the molecule is [B]Nc1ccn(CC(=O)c2ccc3c(c2)CN(C)CC3)c(=O)c1. The highest BCUT2D eigenvalue weighted by atomic mass is 16.1. The van der Waals surface area contributed by atoms with Crippen LogP contribution in [0, 0.1) is 0 Å². The Morgan fingerprint density at radius 3 is 2.83 bits per heavy atom. The number of anilines is 1. The van der Waals surface area contributed by atoms with Gasteiger partial charge in [-0.3, -0.25) is 9.59 Å². The molecule has 0 unspecified atom stereocenters. The van der Waals surface area contributed by atoms with Gasteiger partial charge in [0.15, 0.2) is 5.78 Å². The van der Waals surface area contributed by atoms with E-state index in [4.69, 9.17) is 7.98 Å². The van der Waals surface area contributed by atoms with Gasteiger partial charge >= 0.3 is 0 Å². The summed E-state index contributed by atoms with van der Waals surface area (Å²) in [6.07, 6.45) is 2.58. The zero-order valence-electron chi connectivity index (χ0n) is 13.1. The van der Waals surface area contributed by atoms with Crippen molar-refractivity contribution in [3.05, 3.63) is 63.6 Å². The van der Waals surface area contributed by atoms with Gasteiger partial charge in [0, 0.05) is 36.6 Å². The van der Waals surface area contributed by atoms with Crippen molar-refractivity contribution < 1.29 is 4.79 Å². The van der Waals surface area contributed by atoms with Crippen LogP contribution in [0.4, 0.5) is 5.69 Å². The smallest absolute Gasteiger partial charge is 0.252 e. The van der Waals surface area contributed by atoms with Gasteiger partial charge in [0.2, 0.25) is 7.98 Å². The van der Waals surface area contributed by atoms with Crippen LogP contribution < -0.4 is 10.8 Å². The Bertz CT molecular complexity index is 801. The van der Waals surface area contributed by atoms with Crippen LogP contribution in [-0.2, 0) is 19.5 Å². The summed E-state index contributed by atoms with van der Waals surface area (Å²) in [5.41, 5.74) is 3.41. The summed E-state index contributed by atoms with van der Waals surface area (Å²) in [7, 11) is 7.34. The van der Waals surface area contributed by atoms with Gasteiger partial charge in [-0.25, -0.2) is 0 Å². The van der Waals surface area contributed by atoms with Crippen molar-refractivity contribution in [2.24, 2.45) is 0 Å². The Hall–Kier alpha value is -2.34. The first-order valence-electron chi connectivity index (χ1n) is 7.57. The number of carbonyl (C=O) groups is 1. The van der Waals surface area contributed by atoms with Crippen LogP contribution in [-0.4, -0.2) is 36.8 Å². The third-order valence-corrected chi connectivity index (χ3v) is 4.21. The molecule has 1 aliphatic heterocycles. The Morgan fingerprint density at radius 2 is 2.09 bits per heavy atom. The second kappa shape index (κ2) is 6.42. The summed E-state index contributed by atoms with van der Waals surface area (Å²) >= 11 is 0. The van der Waals surface area contributed by atoms with E-state index in [1.807, 2.05) is 18.2 Å². The predicted molar refractivity (Wildman–Crippen MR) is 90.9 cm³/mol. The first-order chi connectivity index (χ1) is 11.1. The summed E-state index contributed by atoms with van der Waals surface area (Å²) in [4.78, 5) is 26.7. The Labute approximate surface area is 136 Å². The Kier molecular flexibility index (Phi) is 4.34. The third-order valence-electron chi connectivity index (χ3n) is 4.21. The molecule has 0 amide bonds. The fraction of sp³-hybridized carbons (Fsp3) is 0.294. The summed E-state index contributed by atoms with van der Waals surface area (Å²) in [5.74, 6) is -0.0726. The zero-order chi connectivity index (χ0) is 16.4. The van der Waals surface area contributed by atoms with E-state index in [9.17, 15) is 9.59 Å². The van der Waals surface area contributed by atoms with E-state index < -0.39 is 0 Å². The molecule has 0 spiro atoms. The fourth-order valence-electron chi connectivity index (χ4n) is 2.85. The molecular formula is C17H18BN3O2. The van der Waals surface area contributed by atoms with Crippen LogP contribution in [0.25, 0.3) is 0 Å². The van der Waals surface area contributed by atoms with Crippen LogP contribution in [0.2, 0.25) is 0 Å². The van der Waals surface area contributed by atoms with Crippen LogP contribution in [0.15, 0.2) is 41.3 Å². The lowest BCUT2D eigenvalue weighted by Crippen LogP contribution is -2.27. The topological polar surface area (TPSA) is 54.3 Å². The number of carbonyl (C=O) groups excluding carboxylic acids is 1. The number of likely N-dealkylation sites (N-methyl/N-ethyl adjacent to an activating group) is 1. The van der Waals surface area contributed by atoms with Crippen LogP contribution in [0.5, 0.6) is 0 Å². The van der Waals surface area contributed by atoms with E-state index in [1.165, 1.54) is 21.8 Å². The van der Waals surface area contributed by atoms with E-state index in [0.29, 0.717) is 11.3 Å². The highest BCUT2D eigenvalue weighted by molar-refractivity contribution is 6.15. The lowest BCUT2D eigenvalue weighted by Gasteiger charge is -2.25. The lowest BCUT2D eigenvalue weighted by atomic mass is 9.96. The zero-order valence-corrected chi connectivity index (χ0v) is 13.1. The summed E-state index contributed by atoms with van der Waals surface area (Å²) in [5, 5.41) is 2.42. The molecule has 0 bridgehead atoms. The molecule has 0 atom stereocenters. The molecule has 3 rings (SSSR count). The highest BCUT2D eigenvalue weighted by Gasteiger charge is 2.16. The maximum atomic E-state index is 12.5. The van der Waals surface area contributed by atoms with Crippen molar-refractivity contribution in [2.75, 3.05) is 18.8 Å². The average molecular weight is 307 g/mol. The largest absolute Gasteiger partial charge is 0.437 e. The lowest BCUT2D eigenvalue weighted by molar-refractivity contribution is 0.0970. The van der Waals surface area contributed by atoms with Gasteiger partial charge in [-0.2, -0.15) is 0 Å². The number of hydrogen-bond acceptors (Lipinski definition) is 4. The number of ketones is 1. The minimum Gasteiger partial charge on any atom is -0.437 e. The van der Waals surface area contributed by atoms with Crippen molar-refractivity contribution >= 4 is 19.5 Å². The van der Waals surface area contributed by atoms with E-state index in [-0.39, 0.29) is 17.9 Å². The van der Waals surface area contributed by atoms with E-state index in [2.05, 4.69) is 17.2 Å². The molecule has 2 heterocycles. The fourth-order valence-corrected chi connectivity index (χ4v) is 2.85. The minimum absolute atomic E-state index is 0.0261. The van der Waals surface area contributed by atoms with E-state index >= 15 is 0 Å². The molecule has 1 aliphatic rings. The predicted octanol–water partition coefficient (Wildman–Crippen LogP) is 1.21. The number of aromatic nitrogens is 1. The van der Waals surface area contributed by atoms with Gasteiger partial charge in [0.05, 0.1) is 6.54 Å². The van der Waals surface area contributed by atoms with Crippen molar-refractivity contribution in [1.29, 1.82) is 0 Å². The van der Waals surface area contributed by atoms with Crippen molar-refractivity contribution in [1.82, 2.24) is 9.47 Å². The number of hydrogen-bond donors (Lipinski definition) is 1. The average Bonchev–Trinajstić information content (AvgIpc) is 2.55. The molecule has 1 aromatic carbocycles. The molecule has 6 heteroatoms. The molecule has 0 saturated heterocycles. The molecular weight excluding hydrogens is 289 g/mol. The number of Topliss-reactive ketones (excluding diaryl/α,β-unsaturated/α-hetero) is 1. The van der Waals surface area contributed by atoms with Gasteiger partial charge in [0.1, 0.15) is 0 Å². The van der Waals surface area contributed by atoms with Crippen molar-refractivity contribution in [3.63, 3.8) is 0 Å². The van der Waals surface area contributed by atoms with Crippen molar-refractivity contribution in [3.8, 4) is 0 Å². The second-order valence-electron chi connectivity index (χ2n) is 5.92. The first-order valence-corrected chi connectivity index (χ1v) is 7.57. The monoisotopic (exact) mass is 307 g/mol. The first kappa shape index (κ1) is 15.6. The molecule has 0 saturated carbocycles. The van der Waals surface area contributed by atoms with Crippen LogP contribution in [0.3, 0.4) is 0 Å². The summed E-state index contributed by atoms with van der Waals surface area (Å²) in [6, 6.07) is 8.87. The van der Waals surface area contributed by atoms with Gasteiger partial charge in [-0.1, -0.05) is 12.1 Å². The highest BCUT2D eigenvalue weighted by Crippen LogP contribution is 2.20. The molecule has 5 nitrogen and oxygen atoms in total. The number of nitrogens with one attached hydrogen (secondary N) is 1. The number of nitrogens with zero attached hydrogens (tertiary/aromatic N) is 2. The number of rotatable bonds is 4. The molecule has 0 fully saturated rings. The summed E-state index contributed by atoms with van der Waals surface area (Å²) < 4.78 is 1.38. The van der Waals surface area contributed by atoms with Gasteiger partial charge in [0.25, 0.3) is 5.56 Å². The molecule has 1 aromatic heterocycles. The summed E-state index contributed by atoms with van der Waals surface area (Å²) in [6.45, 7) is 1.92. The normalized spacial score (nSPS) is 14.3. The molecule has 23 heavy (non-hydrogen) atoms. The molecule has 1 N–H and O–H groups in total. The third kappa shape index (κ3) is 3.37. The van der Waals surface area contributed by atoms with E-state index in [0.717, 1.165) is 19.5 Å². The van der Waals surface area contributed by atoms with Gasteiger partial charge < -0.3 is 14.7 Å². The standard InChI is InChI=1S/C17H18BN3O2/c1-20-6-4-12-2-3-13(8-14(12)10-20)16(22)11-21-7-5-15(19-18)9-17(21)23/h2-3,5,7-9,19H,4,6,10-11H2,1H3. The minimum atomic E-state index is -0.258. The van der Waals surface area contributed by atoms with Crippen molar-refractivity contribution in [2.45, 2.75) is 19.5 Å². The Balaban J connectivity index is 1.81. The van der Waals surface area contributed by atoms with Crippen LogP contribution in [0.1, 0.15) is 21.5 Å². The maximum Gasteiger partial charge on any atom is 0.252 e. The molecule has 2 aromatic rings. The van der Waals surface area contributed by atoms with Crippen LogP contribution >= 0.6 is 0 Å². The van der Waals surface area contributed by atoms with Gasteiger partial charge in [-0.05, 0) is 36.7 Å². The number of pyridine rings is 1. The second-order valence-corrected chi connectivity index (χ2v) is 5.92. The van der Waals surface area contributed by atoms with Gasteiger partial charge in [-0.15, -0.1) is 0 Å². The quantitative estimate of drug-likeness (QED) is 0.681. The number of benzene rings is 1. The molecule has 2 radical (unpaired) electrons. The molecule has 116 valence electrons. The number of fused-ring (bicyclic) bond motifs is 1. The molecule has 0 aliphatic carbocycles.